The Labute approximate surface area is 109 Å². The van der Waals surface area contributed by atoms with Gasteiger partial charge >= 0.3 is 0 Å². The number of nitrogens with zero attached hydrogens (tertiary/aromatic N) is 1. The molecule has 1 amide bonds. The number of carbonyl (C=O) groups excluding carboxylic acids is 1. The number of hydrogen-bond donors (Lipinski definition) is 1. The molecule has 0 fully saturated rings. The third-order valence-electron chi connectivity index (χ3n) is 2.74. The zero-order valence-corrected chi connectivity index (χ0v) is 11.3. The summed E-state index contributed by atoms with van der Waals surface area (Å²) in [6.07, 6.45) is 0.857. The Morgan fingerprint density at radius 2 is 2.35 bits per heavy atom. The van der Waals surface area contributed by atoms with Gasteiger partial charge in [0.15, 0.2) is 0 Å². The second kappa shape index (κ2) is 5.51. The van der Waals surface area contributed by atoms with Crippen LogP contribution in [0.3, 0.4) is 0 Å². The molecular weight excluding hydrogens is 284 g/mol. The summed E-state index contributed by atoms with van der Waals surface area (Å²) < 4.78 is 5.97. The summed E-state index contributed by atoms with van der Waals surface area (Å²) in [4.78, 5) is 14.0. The molecule has 17 heavy (non-hydrogen) atoms. The van der Waals surface area contributed by atoms with E-state index in [1.165, 1.54) is 0 Å². The topological polar surface area (TPSA) is 41.6 Å². The van der Waals surface area contributed by atoms with Crippen LogP contribution < -0.4 is 5.32 Å². The van der Waals surface area contributed by atoms with Crippen molar-refractivity contribution in [2.24, 2.45) is 0 Å². The van der Waals surface area contributed by atoms with Crippen LogP contribution in [0.15, 0.2) is 22.7 Å². The molecule has 0 unspecified atom stereocenters. The molecule has 92 valence electrons. The second-order valence-corrected chi connectivity index (χ2v) is 4.86. The van der Waals surface area contributed by atoms with E-state index in [2.05, 4.69) is 21.2 Å². The van der Waals surface area contributed by atoms with Crippen molar-refractivity contribution in [2.75, 3.05) is 32.2 Å². The molecule has 0 radical (unpaired) electrons. The number of benzene rings is 1. The van der Waals surface area contributed by atoms with Gasteiger partial charge in [0.25, 0.3) is 5.91 Å². The number of nitrogens with one attached hydrogen (secondary N) is 1. The summed E-state index contributed by atoms with van der Waals surface area (Å²) in [5, 5.41) is 3.25. The molecule has 1 heterocycles. The molecular formula is C12H15BrN2O2. The Kier molecular flexibility index (Phi) is 4.02. The lowest BCUT2D eigenvalue weighted by molar-refractivity contribution is 0.0740. The van der Waals surface area contributed by atoms with Crippen LogP contribution in [0.2, 0.25) is 0 Å². The largest absolute Gasteiger partial charge is 0.385 e. The molecule has 0 saturated heterocycles. The van der Waals surface area contributed by atoms with Crippen molar-refractivity contribution in [3.05, 3.63) is 28.2 Å². The second-order valence-electron chi connectivity index (χ2n) is 3.94. The number of hydrogen-bond acceptors (Lipinski definition) is 3. The van der Waals surface area contributed by atoms with Crippen LogP contribution in [0, 0.1) is 0 Å². The van der Waals surface area contributed by atoms with Crippen molar-refractivity contribution in [1.29, 1.82) is 0 Å². The number of ether oxygens (including phenoxy) is 1. The number of halogens is 1. The highest BCUT2D eigenvalue weighted by Crippen LogP contribution is 2.25. The first kappa shape index (κ1) is 12.4. The molecule has 0 aromatic heterocycles. The van der Waals surface area contributed by atoms with E-state index in [-0.39, 0.29) is 5.91 Å². The van der Waals surface area contributed by atoms with Crippen molar-refractivity contribution in [3.8, 4) is 0 Å². The standard InChI is InChI=1S/C12H15BrN2O2/c1-17-6-2-5-15-8-14-11-7-9(13)3-4-10(11)12(15)16/h3-4,7,14H,2,5-6,8H2,1H3. The van der Waals surface area contributed by atoms with Crippen LogP contribution in [0.25, 0.3) is 0 Å². The van der Waals surface area contributed by atoms with Gasteiger partial charge in [-0.2, -0.15) is 0 Å². The predicted octanol–water partition coefficient (Wildman–Crippen LogP) is 2.31. The SMILES string of the molecule is COCCCN1CNc2cc(Br)ccc2C1=O. The minimum Gasteiger partial charge on any atom is -0.385 e. The number of carbonyl (C=O) groups is 1. The summed E-state index contributed by atoms with van der Waals surface area (Å²) in [5.74, 6) is 0.0855. The number of methoxy groups -OCH3 is 1. The fourth-order valence-electron chi connectivity index (χ4n) is 1.85. The van der Waals surface area contributed by atoms with Crippen LogP contribution in [0.5, 0.6) is 0 Å². The Bertz CT molecular complexity index is 423. The molecule has 1 N–H and O–H groups in total. The molecule has 4 nitrogen and oxygen atoms in total. The van der Waals surface area contributed by atoms with E-state index in [0.29, 0.717) is 13.3 Å². The third kappa shape index (κ3) is 2.79. The molecule has 0 spiro atoms. The Morgan fingerprint density at radius 1 is 1.53 bits per heavy atom. The molecule has 1 aromatic carbocycles. The van der Waals surface area contributed by atoms with E-state index in [1.807, 2.05) is 18.2 Å². The van der Waals surface area contributed by atoms with E-state index >= 15 is 0 Å². The van der Waals surface area contributed by atoms with Gasteiger partial charge in [-0.25, -0.2) is 0 Å². The van der Waals surface area contributed by atoms with Crippen LogP contribution in [-0.4, -0.2) is 37.7 Å². The highest BCUT2D eigenvalue weighted by atomic mass is 79.9. The Hall–Kier alpha value is -1.07. The van der Waals surface area contributed by atoms with Gasteiger partial charge in [0.1, 0.15) is 0 Å². The van der Waals surface area contributed by atoms with Gasteiger partial charge in [-0.15, -0.1) is 0 Å². The molecule has 0 saturated carbocycles. The maximum Gasteiger partial charge on any atom is 0.257 e. The van der Waals surface area contributed by atoms with Crippen LogP contribution in [-0.2, 0) is 4.74 Å². The first-order valence-electron chi connectivity index (χ1n) is 5.54. The molecule has 1 aromatic rings. The minimum absolute atomic E-state index is 0.0855. The van der Waals surface area contributed by atoms with Gasteiger partial charge in [0.2, 0.25) is 0 Å². The van der Waals surface area contributed by atoms with E-state index in [4.69, 9.17) is 4.74 Å². The first-order valence-corrected chi connectivity index (χ1v) is 6.33. The quantitative estimate of drug-likeness (QED) is 0.868. The lowest BCUT2D eigenvalue weighted by Gasteiger charge is -2.29. The molecule has 0 aliphatic carbocycles. The number of amides is 1. The number of rotatable bonds is 4. The molecule has 2 rings (SSSR count). The van der Waals surface area contributed by atoms with E-state index in [1.54, 1.807) is 12.0 Å². The summed E-state index contributed by atoms with van der Waals surface area (Å²) in [7, 11) is 1.67. The van der Waals surface area contributed by atoms with E-state index in [0.717, 1.165) is 28.7 Å². The van der Waals surface area contributed by atoms with Gasteiger partial charge in [-0.1, -0.05) is 15.9 Å². The van der Waals surface area contributed by atoms with Crippen molar-refractivity contribution in [3.63, 3.8) is 0 Å². The number of anilines is 1. The van der Waals surface area contributed by atoms with Crippen LogP contribution >= 0.6 is 15.9 Å². The van der Waals surface area contributed by atoms with E-state index in [9.17, 15) is 4.79 Å². The van der Waals surface area contributed by atoms with Crippen LogP contribution in [0.4, 0.5) is 5.69 Å². The highest BCUT2D eigenvalue weighted by molar-refractivity contribution is 9.10. The fraction of sp³-hybridized carbons (Fsp3) is 0.417. The van der Waals surface area contributed by atoms with Gasteiger partial charge in [0, 0.05) is 30.4 Å². The fourth-order valence-corrected chi connectivity index (χ4v) is 2.21. The summed E-state index contributed by atoms with van der Waals surface area (Å²) >= 11 is 3.40. The van der Waals surface area contributed by atoms with Crippen molar-refractivity contribution in [1.82, 2.24) is 4.90 Å². The normalized spacial score (nSPS) is 14.5. The zero-order chi connectivity index (χ0) is 12.3. The zero-order valence-electron chi connectivity index (χ0n) is 9.70. The molecule has 5 heteroatoms. The average Bonchev–Trinajstić information content (AvgIpc) is 2.32. The summed E-state index contributed by atoms with van der Waals surface area (Å²) in [5.41, 5.74) is 1.63. The van der Waals surface area contributed by atoms with E-state index < -0.39 is 0 Å². The van der Waals surface area contributed by atoms with Crippen molar-refractivity contribution in [2.45, 2.75) is 6.42 Å². The van der Waals surface area contributed by atoms with Crippen molar-refractivity contribution >= 4 is 27.5 Å². The third-order valence-corrected chi connectivity index (χ3v) is 3.23. The highest BCUT2D eigenvalue weighted by Gasteiger charge is 2.23. The lowest BCUT2D eigenvalue weighted by atomic mass is 10.1. The molecule has 1 aliphatic heterocycles. The maximum absolute atomic E-state index is 12.2. The lowest BCUT2D eigenvalue weighted by Crippen LogP contribution is -2.40. The average molecular weight is 299 g/mol. The summed E-state index contributed by atoms with van der Waals surface area (Å²) in [6, 6.07) is 5.66. The van der Waals surface area contributed by atoms with Gasteiger partial charge in [-0.05, 0) is 24.6 Å². The van der Waals surface area contributed by atoms with Crippen molar-refractivity contribution < 1.29 is 9.53 Å². The summed E-state index contributed by atoms with van der Waals surface area (Å²) in [6.45, 7) is 1.96. The minimum atomic E-state index is 0.0855. The molecule has 0 atom stereocenters. The first-order chi connectivity index (χ1) is 8.22. The van der Waals surface area contributed by atoms with Crippen LogP contribution in [0.1, 0.15) is 16.8 Å². The van der Waals surface area contributed by atoms with Gasteiger partial charge in [-0.3, -0.25) is 4.79 Å². The number of fused-ring (bicyclic) bond motifs is 1. The van der Waals surface area contributed by atoms with Gasteiger partial charge < -0.3 is 15.0 Å². The maximum atomic E-state index is 12.2. The molecule has 1 aliphatic rings. The Morgan fingerprint density at radius 3 is 3.12 bits per heavy atom. The monoisotopic (exact) mass is 298 g/mol. The van der Waals surface area contributed by atoms with Gasteiger partial charge in [0.05, 0.1) is 12.2 Å². The molecule has 0 bridgehead atoms. The Balaban J connectivity index is 2.08. The predicted molar refractivity (Wildman–Crippen MR) is 70.2 cm³/mol. The smallest absolute Gasteiger partial charge is 0.257 e.